The SMILES string of the molecule is COCCN(CC(=O)N(CCc1c[nH]c2ccccc12)Cc1ccc(OC)c(OC)c1)C(=O)COc1ccc(Cl)cc1. The number of benzene rings is 3. The summed E-state index contributed by atoms with van der Waals surface area (Å²) in [4.78, 5) is 33.5. The second kappa shape index (κ2) is 15.1. The largest absolute Gasteiger partial charge is 0.493 e. The highest BCUT2D eigenvalue weighted by molar-refractivity contribution is 6.30. The Morgan fingerprint density at radius 3 is 2.36 bits per heavy atom. The maximum Gasteiger partial charge on any atom is 0.261 e. The van der Waals surface area contributed by atoms with Crippen molar-refractivity contribution in [2.45, 2.75) is 13.0 Å². The van der Waals surface area contributed by atoms with Crippen molar-refractivity contribution in [1.82, 2.24) is 14.8 Å². The Morgan fingerprint density at radius 2 is 1.62 bits per heavy atom. The molecular formula is C32H36ClN3O6. The smallest absolute Gasteiger partial charge is 0.261 e. The number of carbonyl (C=O) groups is 2. The van der Waals surface area contributed by atoms with Crippen molar-refractivity contribution in [3.63, 3.8) is 0 Å². The summed E-state index contributed by atoms with van der Waals surface area (Å²) in [5.74, 6) is 1.18. The van der Waals surface area contributed by atoms with Crippen LogP contribution < -0.4 is 14.2 Å². The first-order valence-corrected chi connectivity index (χ1v) is 14.0. The zero-order valence-electron chi connectivity index (χ0n) is 24.1. The zero-order valence-corrected chi connectivity index (χ0v) is 24.9. The van der Waals surface area contributed by atoms with Gasteiger partial charge in [0.2, 0.25) is 5.91 Å². The zero-order chi connectivity index (χ0) is 29.9. The molecule has 10 heteroatoms. The van der Waals surface area contributed by atoms with Gasteiger partial charge in [0.15, 0.2) is 18.1 Å². The van der Waals surface area contributed by atoms with Crippen LogP contribution in [0.4, 0.5) is 0 Å². The number of carbonyl (C=O) groups excluding carboxylic acids is 2. The fourth-order valence-corrected chi connectivity index (χ4v) is 4.74. The number of nitrogens with zero attached hydrogens (tertiary/aromatic N) is 2. The second-order valence-corrected chi connectivity index (χ2v) is 10.1. The average molecular weight is 594 g/mol. The molecule has 42 heavy (non-hydrogen) atoms. The number of ether oxygens (including phenoxy) is 4. The Bertz CT molecular complexity index is 1470. The first kappa shape index (κ1) is 30.7. The Labute approximate surface area is 250 Å². The first-order chi connectivity index (χ1) is 20.4. The molecule has 0 aliphatic rings. The van der Waals surface area contributed by atoms with Crippen LogP contribution in [0.5, 0.6) is 17.2 Å². The normalized spacial score (nSPS) is 10.9. The highest BCUT2D eigenvalue weighted by Crippen LogP contribution is 2.28. The highest BCUT2D eigenvalue weighted by atomic mass is 35.5. The van der Waals surface area contributed by atoms with Crippen LogP contribution in [0.1, 0.15) is 11.1 Å². The minimum atomic E-state index is -0.321. The molecule has 0 radical (unpaired) electrons. The number of aromatic nitrogens is 1. The van der Waals surface area contributed by atoms with Gasteiger partial charge in [0.05, 0.1) is 27.4 Å². The summed E-state index contributed by atoms with van der Waals surface area (Å²) in [6.45, 7) is 0.970. The molecule has 3 aromatic carbocycles. The molecule has 0 bridgehead atoms. The van der Waals surface area contributed by atoms with Crippen molar-refractivity contribution < 1.29 is 28.5 Å². The molecule has 9 nitrogen and oxygen atoms in total. The van der Waals surface area contributed by atoms with E-state index in [1.165, 1.54) is 4.90 Å². The van der Waals surface area contributed by atoms with E-state index < -0.39 is 0 Å². The van der Waals surface area contributed by atoms with Crippen LogP contribution in [0.25, 0.3) is 10.9 Å². The lowest BCUT2D eigenvalue weighted by atomic mass is 10.1. The van der Waals surface area contributed by atoms with E-state index in [9.17, 15) is 9.59 Å². The molecule has 0 unspecified atom stereocenters. The molecule has 4 rings (SSSR count). The van der Waals surface area contributed by atoms with E-state index in [1.807, 2.05) is 42.6 Å². The minimum Gasteiger partial charge on any atom is -0.493 e. The molecule has 0 fully saturated rings. The number of fused-ring (bicyclic) bond motifs is 1. The van der Waals surface area contributed by atoms with Gasteiger partial charge in [0.1, 0.15) is 5.75 Å². The van der Waals surface area contributed by atoms with Crippen LogP contribution in [0.3, 0.4) is 0 Å². The van der Waals surface area contributed by atoms with Crippen LogP contribution in [0, 0.1) is 0 Å². The summed E-state index contributed by atoms with van der Waals surface area (Å²) in [7, 11) is 4.71. The monoisotopic (exact) mass is 593 g/mol. The minimum absolute atomic E-state index is 0.118. The predicted octanol–water partition coefficient (Wildman–Crippen LogP) is 4.96. The highest BCUT2D eigenvalue weighted by Gasteiger charge is 2.23. The van der Waals surface area contributed by atoms with Gasteiger partial charge in [-0.25, -0.2) is 0 Å². The molecule has 0 aliphatic heterocycles. The molecule has 2 amide bonds. The number of nitrogens with one attached hydrogen (secondary N) is 1. The first-order valence-electron chi connectivity index (χ1n) is 13.6. The van der Waals surface area contributed by atoms with Crippen LogP contribution in [-0.2, 0) is 27.3 Å². The van der Waals surface area contributed by atoms with Crippen molar-refractivity contribution in [1.29, 1.82) is 0 Å². The Kier molecular flexibility index (Phi) is 11.1. The van der Waals surface area contributed by atoms with E-state index in [1.54, 1.807) is 50.5 Å². The van der Waals surface area contributed by atoms with E-state index in [0.717, 1.165) is 22.0 Å². The number of aromatic amines is 1. The second-order valence-electron chi connectivity index (χ2n) is 9.66. The Balaban J connectivity index is 1.51. The lowest BCUT2D eigenvalue weighted by Gasteiger charge is -2.28. The summed E-state index contributed by atoms with van der Waals surface area (Å²) in [5, 5.41) is 1.69. The summed E-state index contributed by atoms with van der Waals surface area (Å²) < 4.78 is 21.7. The predicted molar refractivity (Wildman–Crippen MR) is 162 cm³/mol. The van der Waals surface area contributed by atoms with Crippen LogP contribution in [-0.4, -0.2) is 80.8 Å². The van der Waals surface area contributed by atoms with E-state index in [2.05, 4.69) is 11.1 Å². The average Bonchev–Trinajstić information content (AvgIpc) is 3.43. The lowest BCUT2D eigenvalue weighted by molar-refractivity contribution is -0.142. The number of H-pyrrole nitrogens is 1. The topological polar surface area (TPSA) is 93.3 Å². The number of halogens is 1. The number of rotatable bonds is 15. The summed E-state index contributed by atoms with van der Waals surface area (Å²) in [5.41, 5.74) is 3.03. The van der Waals surface area contributed by atoms with Crippen molar-refractivity contribution in [2.24, 2.45) is 0 Å². The van der Waals surface area contributed by atoms with Gasteiger partial charge in [0.25, 0.3) is 5.91 Å². The molecule has 0 saturated carbocycles. The number of para-hydroxylation sites is 1. The number of amides is 2. The molecule has 0 spiro atoms. The third-order valence-corrected chi connectivity index (χ3v) is 7.17. The Hall–Kier alpha value is -4.21. The molecule has 222 valence electrons. The maximum absolute atomic E-state index is 13.8. The van der Waals surface area contributed by atoms with Gasteiger partial charge >= 0.3 is 0 Å². The van der Waals surface area contributed by atoms with Gasteiger partial charge < -0.3 is 33.7 Å². The fraction of sp³-hybridized carbons (Fsp3) is 0.312. The van der Waals surface area contributed by atoms with Gasteiger partial charge in [-0.05, 0) is 60.0 Å². The summed E-state index contributed by atoms with van der Waals surface area (Å²) in [6.07, 6.45) is 2.61. The van der Waals surface area contributed by atoms with Crippen LogP contribution >= 0.6 is 11.6 Å². The number of hydrogen-bond acceptors (Lipinski definition) is 6. The van der Waals surface area contributed by atoms with Crippen molar-refractivity contribution in [2.75, 3.05) is 54.2 Å². The van der Waals surface area contributed by atoms with Gasteiger partial charge in [0, 0.05) is 48.9 Å². The number of methoxy groups -OCH3 is 3. The molecule has 4 aromatic rings. The van der Waals surface area contributed by atoms with Crippen LogP contribution in [0.15, 0.2) is 72.9 Å². The van der Waals surface area contributed by atoms with Gasteiger partial charge in [-0.3, -0.25) is 9.59 Å². The standard InChI is InChI=1S/C32H36ClN3O6/c1-39-17-16-36(32(38)22-42-26-11-9-25(33)10-12-26)21-31(37)35(20-23-8-13-29(40-2)30(18-23)41-3)15-14-24-19-34-28-7-5-4-6-27(24)28/h4-13,18-19,34H,14-17,20-22H2,1-3H3. The van der Waals surface area contributed by atoms with Crippen molar-refractivity contribution in [3.8, 4) is 17.2 Å². The fourth-order valence-electron chi connectivity index (χ4n) is 4.61. The van der Waals surface area contributed by atoms with Crippen molar-refractivity contribution >= 4 is 34.3 Å². The Morgan fingerprint density at radius 1 is 0.857 bits per heavy atom. The maximum atomic E-state index is 13.8. The van der Waals surface area contributed by atoms with Crippen LogP contribution in [0.2, 0.25) is 5.02 Å². The van der Waals surface area contributed by atoms with Gasteiger partial charge in [-0.1, -0.05) is 35.9 Å². The van der Waals surface area contributed by atoms with E-state index in [0.29, 0.717) is 41.8 Å². The summed E-state index contributed by atoms with van der Waals surface area (Å²) in [6, 6.07) is 20.4. The molecule has 1 N–H and O–H groups in total. The molecule has 1 heterocycles. The molecule has 0 aliphatic carbocycles. The molecule has 1 aromatic heterocycles. The van der Waals surface area contributed by atoms with E-state index in [4.69, 9.17) is 30.5 Å². The lowest BCUT2D eigenvalue weighted by Crippen LogP contribution is -2.46. The molecular weight excluding hydrogens is 558 g/mol. The van der Waals surface area contributed by atoms with Gasteiger partial charge in [-0.2, -0.15) is 0 Å². The summed E-state index contributed by atoms with van der Waals surface area (Å²) >= 11 is 5.94. The third-order valence-electron chi connectivity index (χ3n) is 6.92. The molecule has 0 saturated heterocycles. The quantitative estimate of drug-likeness (QED) is 0.209. The van der Waals surface area contributed by atoms with Crippen molar-refractivity contribution in [3.05, 3.63) is 89.1 Å². The van der Waals surface area contributed by atoms with E-state index in [-0.39, 0.29) is 38.1 Å². The molecule has 0 atom stereocenters. The number of hydrogen-bond donors (Lipinski definition) is 1. The third kappa shape index (κ3) is 8.18. The van der Waals surface area contributed by atoms with E-state index >= 15 is 0 Å². The van der Waals surface area contributed by atoms with Gasteiger partial charge in [-0.15, -0.1) is 0 Å².